The fourth-order valence-corrected chi connectivity index (χ4v) is 3.29. The van der Waals surface area contributed by atoms with E-state index in [-0.39, 0.29) is 12.3 Å². The first-order chi connectivity index (χ1) is 14.8. The minimum Gasteiger partial charge on any atom is -0.310 e. The van der Waals surface area contributed by atoms with Crippen molar-refractivity contribution in [3.05, 3.63) is 89.1 Å². The van der Waals surface area contributed by atoms with Gasteiger partial charge in [0.25, 0.3) is 0 Å². The first kappa shape index (κ1) is 20.8. The minimum atomic E-state index is -4.44. The van der Waals surface area contributed by atoms with Gasteiger partial charge in [-0.2, -0.15) is 13.2 Å². The first-order valence-electron chi connectivity index (χ1n) is 9.27. The number of rotatable bonds is 4. The Bertz CT molecular complexity index is 1260. The Kier molecular flexibility index (Phi) is 5.61. The molecule has 0 aliphatic heterocycles. The van der Waals surface area contributed by atoms with Crippen molar-refractivity contribution in [1.82, 2.24) is 9.97 Å². The van der Waals surface area contributed by atoms with Crippen LogP contribution in [0.25, 0.3) is 22.2 Å². The Morgan fingerprint density at radius 3 is 2.55 bits per heavy atom. The van der Waals surface area contributed by atoms with E-state index in [1.165, 1.54) is 12.3 Å². The van der Waals surface area contributed by atoms with E-state index in [2.05, 4.69) is 15.3 Å². The van der Waals surface area contributed by atoms with Crippen molar-refractivity contribution < 1.29 is 18.0 Å². The Morgan fingerprint density at radius 2 is 1.81 bits per heavy atom. The monoisotopic (exact) mass is 441 g/mol. The summed E-state index contributed by atoms with van der Waals surface area (Å²) in [5.74, 6) is 0.0702. The maximum absolute atomic E-state index is 13.1. The number of carbonyl (C=O) groups is 1. The van der Waals surface area contributed by atoms with E-state index >= 15 is 0 Å². The van der Waals surface area contributed by atoms with Gasteiger partial charge in [0.2, 0.25) is 5.91 Å². The predicted molar refractivity (Wildman–Crippen MR) is 114 cm³/mol. The zero-order valence-corrected chi connectivity index (χ0v) is 16.7. The van der Waals surface area contributed by atoms with Gasteiger partial charge >= 0.3 is 6.18 Å². The highest BCUT2D eigenvalue weighted by Crippen LogP contribution is 2.32. The van der Waals surface area contributed by atoms with Gasteiger partial charge in [0, 0.05) is 17.1 Å². The summed E-state index contributed by atoms with van der Waals surface area (Å²) in [5, 5.41) is 3.93. The number of alkyl halides is 3. The minimum absolute atomic E-state index is 0.0285. The lowest BCUT2D eigenvalue weighted by Crippen LogP contribution is -2.15. The predicted octanol–water partition coefficient (Wildman–Crippen LogP) is 6.15. The second-order valence-corrected chi connectivity index (χ2v) is 7.29. The lowest BCUT2D eigenvalue weighted by atomic mass is 10.0. The summed E-state index contributed by atoms with van der Waals surface area (Å²) in [7, 11) is 0. The maximum atomic E-state index is 13.1. The number of amides is 1. The Balaban J connectivity index is 1.65. The highest BCUT2D eigenvalue weighted by Gasteiger charge is 2.30. The van der Waals surface area contributed by atoms with Crippen molar-refractivity contribution in [2.75, 3.05) is 5.32 Å². The van der Waals surface area contributed by atoms with Gasteiger partial charge in [0.15, 0.2) is 0 Å². The fraction of sp³-hybridized carbons (Fsp3) is 0.0870. The average Bonchev–Trinajstić information content (AvgIpc) is 2.75. The van der Waals surface area contributed by atoms with Crippen LogP contribution in [-0.4, -0.2) is 15.9 Å². The molecule has 0 aliphatic rings. The number of nitrogens with zero attached hydrogens (tertiary/aromatic N) is 2. The molecule has 0 aliphatic carbocycles. The number of hydrogen-bond donors (Lipinski definition) is 1. The van der Waals surface area contributed by atoms with E-state index in [9.17, 15) is 18.0 Å². The number of anilines is 1. The summed E-state index contributed by atoms with van der Waals surface area (Å²) in [6.45, 7) is 0. The van der Waals surface area contributed by atoms with E-state index in [4.69, 9.17) is 11.6 Å². The Hall–Kier alpha value is -3.45. The SMILES string of the molecule is O=C(Cc1cccc2ccc(-c3cccc(C(F)(F)F)c3)nc12)Nc1ccc(Cl)cn1. The van der Waals surface area contributed by atoms with Crippen LogP contribution in [0.15, 0.2) is 72.9 Å². The number of hydrogen-bond acceptors (Lipinski definition) is 3. The highest BCUT2D eigenvalue weighted by molar-refractivity contribution is 6.30. The molecule has 0 spiro atoms. The summed E-state index contributed by atoms with van der Waals surface area (Å²) in [4.78, 5) is 21.1. The molecule has 2 aromatic carbocycles. The third-order valence-corrected chi connectivity index (χ3v) is 4.86. The van der Waals surface area contributed by atoms with Crippen LogP contribution in [0.1, 0.15) is 11.1 Å². The summed E-state index contributed by atoms with van der Waals surface area (Å²) < 4.78 is 39.2. The molecule has 2 aromatic heterocycles. The quantitative estimate of drug-likeness (QED) is 0.413. The van der Waals surface area contributed by atoms with Crippen LogP contribution < -0.4 is 5.32 Å². The summed E-state index contributed by atoms with van der Waals surface area (Å²) >= 11 is 5.80. The summed E-state index contributed by atoms with van der Waals surface area (Å²) in [6.07, 6.45) is -2.98. The number of carbonyl (C=O) groups excluding carboxylic acids is 1. The zero-order chi connectivity index (χ0) is 22.0. The van der Waals surface area contributed by atoms with Crippen LogP contribution in [0.3, 0.4) is 0 Å². The molecule has 0 saturated heterocycles. The molecule has 4 aromatic rings. The maximum Gasteiger partial charge on any atom is 0.416 e. The number of para-hydroxylation sites is 1. The van der Waals surface area contributed by atoms with Crippen molar-refractivity contribution in [3.63, 3.8) is 0 Å². The number of pyridine rings is 2. The van der Waals surface area contributed by atoms with E-state index in [0.29, 0.717) is 33.2 Å². The molecule has 156 valence electrons. The van der Waals surface area contributed by atoms with Gasteiger partial charge < -0.3 is 5.32 Å². The van der Waals surface area contributed by atoms with Gasteiger partial charge in [-0.25, -0.2) is 9.97 Å². The van der Waals surface area contributed by atoms with Crippen molar-refractivity contribution in [1.29, 1.82) is 0 Å². The molecule has 0 saturated carbocycles. The summed E-state index contributed by atoms with van der Waals surface area (Å²) in [5.41, 5.74) is 1.21. The number of benzene rings is 2. The van der Waals surface area contributed by atoms with Gasteiger partial charge in [-0.05, 0) is 35.9 Å². The number of aromatic nitrogens is 2. The molecule has 4 nitrogen and oxygen atoms in total. The smallest absolute Gasteiger partial charge is 0.310 e. The molecule has 0 fully saturated rings. The van der Waals surface area contributed by atoms with E-state index in [0.717, 1.165) is 17.5 Å². The van der Waals surface area contributed by atoms with Crippen LogP contribution in [0.4, 0.5) is 19.0 Å². The molecular weight excluding hydrogens is 427 g/mol. The van der Waals surface area contributed by atoms with Gasteiger partial charge in [-0.15, -0.1) is 0 Å². The second-order valence-electron chi connectivity index (χ2n) is 6.85. The topological polar surface area (TPSA) is 54.9 Å². The average molecular weight is 442 g/mol. The standard InChI is InChI=1S/C23H15ClF3N3O/c24-18-8-10-20(28-13-18)30-21(31)12-16-5-1-3-14-7-9-19(29-22(14)16)15-4-2-6-17(11-15)23(25,26)27/h1-11,13H,12H2,(H,28,30,31). The van der Waals surface area contributed by atoms with Crippen molar-refractivity contribution in [2.45, 2.75) is 12.6 Å². The molecule has 0 radical (unpaired) electrons. The number of nitrogens with one attached hydrogen (secondary N) is 1. The van der Waals surface area contributed by atoms with Crippen LogP contribution in [-0.2, 0) is 17.4 Å². The molecule has 4 rings (SSSR count). The highest BCUT2D eigenvalue weighted by atomic mass is 35.5. The first-order valence-corrected chi connectivity index (χ1v) is 9.65. The van der Waals surface area contributed by atoms with Crippen LogP contribution in [0.5, 0.6) is 0 Å². The van der Waals surface area contributed by atoms with E-state index in [1.54, 1.807) is 42.5 Å². The summed E-state index contributed by atoms with van der Waals surface area (Å²) in [6, 6.07) is 17.1. The second kappa shape index (κ2) is 8.35. The van der Waals surface area contributed by atoms with Gasteiger partial charge in [0.05, 0.1) is 28.2 Å². The van der Waals surface area contributed by atoms with Crippen LogP contribution in [0.2, 0.25) is 5.02 Å². The lowest BCUT2D eigenvalue weighted by molar-refractivity contribution is -0.137. The number of fused-ring (bicyclic) bond motifs is 1. The normalized spacial score (nSPS) is 11.5. The number of halogens is 4. The third-order valence-electron chi connectivity index (χ3n) is 4.64. The fourth-order valence-electron chi connectivity index (χ4n) is 3.18. The molecule has 31 heavy (non-hydrogen) atoms. The molecule has 1 N–H and O–H groups in total. The molecular formula is C23H15ClF3N3O. The van der Waals surface area contributed by atoms with E-state index < -0.39 is 11.7 Å². The zero-order valence-electron chi connectivity index (χ0n) is 15.9. The molecule has 1 amide bonds. The van der Waals surface area contributed by atoms with E-state index in [1.807, 2.05) is 6.07 Å². The molecule has 0 bridgehead atoms. The van der Waals surface area contributed by atoms with Gasteiger partial charge in [-0.1, -0.05) is 48.0 Å². The van der Waals surface area contributed by atoms with Crippen molar-refractivity contribution >= 4 is 34.2 Å². The van der Waals surface area contributed by atoms with Crippen molar-refractivity contribution in [2.24, 2.45) is 0 Å². The van der Waals surface area contributed by atoms with Crippen molar-refractivity contribution in [3.8, 4) is 11.3 Å². The lowest BCUT2D eigenvalue weighted by Gasteiger charge is -2.11. The third kappa shape index (κ3) is 4.83. The van der Waals surface area contributed by atoms with Crippen LogP contribution >= 0.6 is 11.6 Å². The molecule has 8 heteroatoms. The largest absolute Gasteiger partial charge is 0.416 e. The van der Waals surface area contributed by atoms with Gasteiger partial charge in [0.1, 0.15) is 5.82 Å². The Labute approximate surface area is 180 Å². The van der Waals surface area contributed by atoms with Crippen LogP contribution in [0, 0.1) is 0 Å². The molecule has 0 unspecified atom stereocenters. The molecule has 2 heterocycles. The Morgan fingerprint density at radius 1 is 1.00 bits per heavy atom. The molecule has 0 atom stereocenters. The van der Waals surface area contributed by atoms with Gasteiger partial charge in [-0.3, -0.25) is 4.79 Å².